The second-order valence-electron chi connectivity index (χ2n) is 7.79. The summed E-state index contributed by atoms with van der Waals surface area (Å²) in [4.78, 5) is 13.3. The smallest absolute Gasteiger partial charge is 0.195 e. The highest BCUT2D eigenvalue weighted by atomic mass is 16.5. The molecule has 1 atom stereocenters. The van der Waals surface area contributed by atoms with E-state index in [0.29, 0.717) is 16.9 Å². The van der Waals surface area contributed by atoms with Gasteiger partial charge in [-0.15, -0.1) is 0 Å². The van der Waals surface area contributed by atoms with Crippen molar-refractivity contribution >= 4 is 16.7 Å². The Hall–Kier alpha value is -2.83. The first-order valence-corrected chi connectivity index (χ1v) is 9.18. The largest absolute Gasteiger partial charge is 0.508 e. The van der Waals surface area contributed by atoms with E-state index in [1.807, 2.05) is 17.7 Å². The second kappa shape index (κ2) is 6.36. The fourth-order valence-corrected chi connectivity index (χ4v) is 4.22. The van der Waals surface area contributed by atoms with Gasteiger partial charge >= 0.3 is 0 Å². The summed E-state index contributed by atoms with van der Waals surface area (Å²) >= 11 is 0. The number of ether oxygens (including phenoxy) is 1. The summed E-state index contributed by atoms with van der Waals surface area (Å²) in [5.74, 6) is 0.640. The average molecular weight is 381 g/mol. The first-order valence-electron chi connectivity index (χ1n) is 9.18. The standard InChI is InChI=1S/C22H23NO5/c1-22(2)17-9-14(28-11-13(26)10-24)5-7-15(17)20(27)19-16-6-4-12(25)8-18(16)23(3)21(19)22/h4-9,13,24-26H,10-11H2,1-3H3/t13-/m0/s1. The Kier molecular flexibility index (Phi) is 4.21. The molecule has 0 bridgehead atoms. The Labute approximate surface area is 162 Å². The molecular formula is C22H23NO5. The maximum Gasteiger partial charge on any atom is 0.195 e. The molecule has 2 aromatic carbocycles. The van der Waals surface area contributed by atoms with Gasteiger partial charge in [-0.25, -0.2) is 0 Å². The molecule has 1 aliphatic rings. The molecule has 1 aliphatic carbocycles. The van der Waals surface area contributed by atoms with Crippen molar-refractivity contribution in [3.05, 3.63) is 58.8 Å². The Bertz CT molecular complexity index is 1100. The highest BCUT2D eigenvalue weighted by Gasteiger charge is 2.41. The number of fused-ring (bicyclic) bond motifs is 4. The van der Waals surface area contributed by atoms with Crippen molar-refractivity contribution in [2.45, 2.75) is 25.4 Å². The van der Waals surface area contributed by atoms with Gasteiger partial charge in [-0.1, -0.05) is 13.8 Å². The highest BCUT2D eigenvalue weighted by molar-refractivity contribution is 6.20. The number of hydrogen-bond donors (Lipinski definition) is 3. The number of aliphatic hydroxyl groups is 2. The summed E-state index contributed by atoms with van der Waals surface area (Å²) in [6.45, 7) is 3.72. The molecule has 146 valence electrons. The first-order chi connectivity index (χ1) is 13.3. The molecule has 0 fully saturated rings. The summed E-state index contributed by atoms with van der Waals surface area (Å²) in [6, 6.07) is 10.3. The van der Waals surface area contributed by atoms with Crippen LogP contribution in [-0.2, 0) is 12.5 Å². The minimum absolute atomic E-state index is 0.0256. The van der Waals surface area contributed by atoms with Crippen LogP contribution in [0, 0.1) is 0 Å². The topological polar surface area (TPSA) is 91.9 Å². The summed E-state index contributed by atoms with van der Waals surface area (Å²) in [5.41, 5.74) is 3.35. The lowest BCUT2D eigenvalue weighted by Crippen LogP contribution is -2.32. The fourth-order valence-electron chi connectivity index (χ4n) is 4.22. The molecule has 0 spiro atoms. The number of carbonyl (C=O) groups is 1. The van der Waals surface area contributed by atoms with Gasteiger partial charge in [0.25, 0.3) is 0 Å². The van der Waals surface area contributed by atoms with Crippen LogP contribution in [0.3, 0.4) is 0 Å². The monoisotopic (exact) mass is 381 g/mol. The molecule has 6 heteroatoms. The third-order valence-corrected chi connectivity index (χ3v) is 5.57. The number of phenolic OH excluding ortho intramolecular Hbond substituents is 1. The molecule has 1 aromatic heterocycles. The van der Waals surface area contributed by atoms with E-state index >= 15 is 0 Å². The van der Waals surface area contributed by atoms with Crippen molar-refractivity contribution in [2.24, 2.45) is 7.05 Å². The highest BCUT2D eigenvalue weighted by Crippen LogP contribution is 2.46. The maximum absolute atomic E-state index is 13.3. The third kappa shape index (κ3) is 2.60. The molecule has 0 saturated heterocycles. The predicted octanol–water partition coefficient (Wildman–Crippen LogP) is 2.49. The van der Waals surface area contributed by atoms with Crippen LogP contribution in [0.4, 0.5) is 0 Å². The number of aliphatic hydroxyl groups excluding tert-OH is 2. The van der Waals surface area contributed by atoms with Crippen molar-refractivity contribution in [2.75, 3.05) is 13.2 Å². The number of hydrogen-bond acceptors (Lipinski definition) is 5. The number of ketones is 1. The van der Waals surface area contributed by atoms with Gasteiger partial charge in [0.15, 0.2) is 5.78 Å². The molecule has 28 heavy (non-hydrogen) atoms. The lowest BCUT2D eigenvalue weighted by atomic mass is 9.71. The quantitative estimate of drug-likeness (QED) is 0.646. The molecular weight excluding hydrogens is 358 g/mol. The van der Waals surface area contributed by atoms with E-state index in [-0.39, 0.29) is 24.7 Å². The number of phenols is 1. The average Bonchev–Trinajstić information content (AvgIpc) is 2.97. The molecule has 0 aliphatic heterocycles. The zero-order valence-corrected chi connectivity index (χ0v) is 16.1. The van der Waals surface area contributed by atoms with E-state index in [0.717, 1.165) is 22.2 Å². The normalized spacial score (nSPS) is 16.0. The molecule has 0 radical (unpaired) electrons. The second-order valence-corrected chi connectivity index (χ2v) is 7.79. The number of aromatic nitrogens is 1. The molecule has 0 amide bonds. The van der Waals surface area contributed by atoms with Crippen LogP contribution in [0.15, 0.2) is 36.4 Å². The van der Waals surface area contributed by atoms with E-state index in [1.165, 1.54) is 0 Å². The molecule has 3 N–H and O–H groups in total. The van der Waals surface area contributed by atoms with Crippen LogP contribution < -0.4 is 4.74 Å². The summed E-state index contributed by atoms with van der Waals surface area (Å²) < 4.78 is 7.55. The molecule has 0 saturated carbocycles. The van der Waals surface area contributed by atoms with Gasteiger partial charge < -0.3 is 24.6 Å². The zero-order chi connectivity index (χ0) is 20.2. The van der Waals surface area contributed by atoms with Crippen LogP contribution in [0.2, 0.25) is 0 Å². The Morgan fingerprint density at radius 2 is 1.93 bits per heavy atom. The summed E-state index contributed by atoms with van der Waals surface area (Å²) in [7, 11) is 1.90. The minimum Gasteiger partial charge on any atom is -0.508 e. The van der Waals surface area contributed by atoms with E-state index in [1.54, 1.807) is 30.3 Å². The van der Waals surface area contributed by atoms with Crippen LogP contribution in [0.25, 0.3) is 10.9 Å². The van der Waals surface area contributed by atoms with E-state index < -0.39 is 11.5 Å². The van der Waals surface area contributed by atoms with Gasteiger partial charge in [0.05, 0.1) is 17.7 Å². The number of nitrogens with zero attached hydrogens (tertiary/aromatic N) is 1. The molecule has 0 unspecified atom stereocenters. The van der Waals surface area contributed by atoms with Crippen molar-refractivity contribution in [1.82, 2.24) is 4.57 Å². The SMILES string of the molecule is Cn1c2c(c3ccc(O)cc31)C(=O)c1ccc(OC[C@@H](O)CO)cc1C2(C)C. The van der Waals surface area contributed by atoms with E-state index in [2.05, 4.69) is 13.8 Å². The number of aromatic hydroxyl groups is 1. The van der Waals surface area contributed by atoms with Gasteiger partial charge in [0.2, 0.25) is 0 Å². The maximum atomic E-state index is 13.3. The minimum atomic E-state index is -0.955. The van der Waals surface area contributed by atoms with Crippen molar-refractivity contribution in [1.29, 1.82) is 0 Å². The van der Waals surface area contributed by atoms with Crippen molar-refractivity contribution in [3.63, 3.8) is 0 Å². The van der Waals surface area contributed by atoms with Gasteiger partial charge in [-0.3, -0.25) is 4.79 Å². The zero-order valence-electron chi connectivity index (χ0n) is 16.1. The molecule has 3 aromatic rings. The number of carbonyl (C=O) groups excluding carboxylic acids is 1. The predicted molar refractivity (Wildman–Crippen MR) is 105 cm³/mol. The lowest BCUT2D eigenvalue weighted by Gasteiger charge is -2.34. The van der Waals surface area contributed by atoms with Crippen LogP contribution in [0.1, 0.15) is 41.0 Å². The van der Waals surface area contributed by atoms with Crippen molar-refractivity contribution < 1.29 is 24.9 Å². The van der Waals surface area contributed by atoms with E-state index in [9.17, 15) is 15.0 Å². The van der Waals surface area contributed by atoms with Crippen LogP contribution in [0.5, 0.6) is 11.5 Å². The Balaban J connectivity index is 1.88. The van der Waals surface area contributed by atoms with E-state index in [4.69, 9.17) is 9.84 Å². The fraction of sp³-hybridized carbons (Fsp3) is 0.318. The molecule has 6 nitrogen and oxygen atoms in total. The van der Waals surface area contributed by atoms with Gasteiger partial charge in [0.1, 0.15) is 24.2 Å². The number of rotatable bonds is 4. The Morgan fingerprint density at radius 3 is 2.64 bits per heavy atom. The summed E-state index contributed by atoms with van der Waals surface area (Å²) in [6.07, 6.45) is -0.955. The van der Waals surface area contributed by atoms with Crippen LogP contribution >= 0.6 is 0 Å². The lowest BCUT2D eigenvalue weighted by molar-refractivity contribution is 0.0535. The number of aryl methyl sites for hydroxylation is 1. The Morgan fingerprint density at radius 1 is 1.18 bits per heavy atom. The summed E-state index contributed by atoms with van der Waals surface area (Å²) in [5, 5.41) is 29.2. The third-order valence-electron chi connectivity index (χ3n) is 5.57. The van der Waals surface area contributed by atoms with Gasteiger partial charge in [-0.2, -0.15) is 0 Å². The number of benzene rings is 2. The molecule has 4 rings (SSSR count). The first kappa shape index (κ1) is 18.5. The van der Waals surface area contributed by atoms with Crippen LogP contribution in [-0.4, -0.2) is 45.0 Å². The van der Waals surface area contributed by atoms with Gasteiger partial charge in [0, 0.05) is 35.2 Å². The molecule has 1 heterocycles. The van der Waals surface area contributed by atoms with Gasteiger partial charge in [-0.05, 0) is 35.9 Å². The van der Waals surface area contributed by atoms with Crippen molar-refractivity contribution in [3.8, 4) is 11.5 Å².